The van der Waals surface area contributed by atoms with Crippen molar-refractivity contribution in [1.82, 2.24) is 5.32 Å². The molecule has 1 aromatic rings. The number of rotatable bonds is 3. The summed E-state index contributed by atoms with van der Waals surface area (Å²) in [5, 5.41) is 12.0. The van der Waals surface area contributed by atoms with Crippen LogP contribution in [-0.4, -0.2) is 23.7 Å². The van der Waals surface area contributed by atoms with Crippen molar-refractivity contribution in [2.24, 2.45) is 5.92 Å². The van der Waals surface area contributed by atoms with Crippen molar-refractivity contribution >= 4 is 5.91 Å². The Morgan fingerprint density at radius 3 is 2.67 bits per heavy atom. The number of carbonyl (C=O) groups is 1. The molecular weight excluding hydrogens is 233 g/mol. The van der Waals surface area contributed by atoms with Crippen molar-refractivity contribution in [3.8, 4) is 0 Å². The Bertz CT molecular complexity index is 414. The van der Waals surface area contributed by atoms with Gasteiger partial charge in [0.25, 0.3) is 5.91 Å². The van der Waals surface area contributed by atoms with Crippen molar-refractivity contribution in [2.45, 2.75) is 31.7 Å². The summed E-state index contributed by atoms with van der Waals surface area (Å²) in [5.41, 5.74) is 0.360. The summed E-state index contributed by atoms with van der Waals surface area (Å²) in [4.78, 5) is 11.9. The van der Waals surface area contributed by atoms with Gasteiger partial charge in [0.15, 0.2) is 0 Å². The highest BCUT2D eigenvalue weighted by Crippen LogP contribution is 2.23. The van der Waals surface area contributed by atoms with E-state index in [1.807, 2.05) is 0 Å². The molecule has 1 saturated carbocycles. The van der Waals surface area contributed by atoms with Crippen LogP contribution < -0.4 is 5.32 Å². The highest BCUT2D eigenvalue weighted by molar-refractivity contribution is 5.94. The predicted molar refractivity (Wildman–Crippen MR) is 66.7 cm³/mol. The summed E-state index contributed by atoms with van der Waals surface area (Å²) >= 11 is 0. The number of aliphatic hydroxyl groups excluding tert-OH is 1. The summed E-state index contributed by atoms with van der Waals surface area (Å²) in [6.45, 7) is 0.227. The summed E-state index contributed by atoms with van der Waals surface area (Å²) in [7, 11) is 0. The van der Waals surface area contributed by atoms with Crippen LogP contribution in [0.25, 0.3) is 0 Å². The minimum atomic E-state index is -0.397. The number of aliphatic hydroxyl groups is 1. The highest BCUT2D eigenvalue weighted by Gasteiger charge is 2.22. The van der Waals surface area contributed by atoms with Gasteiger partial charge in [-0.2, -0.15) is 0 Å². The van der Waals surface area contributed by atoms with Crippen molar-refractivity contribution in [1.29, 1.82) is 0 Å². The largest absolute Gasteiger partial charge is 0.396 e. The highest BCUT2D eigenvalue weighted by atomic mass is 19.1. The third-order valence-electron chi connectivity index (χ3n) is 3.53. The van der Waals surface area contributed by atoms with Gasteiger partial charge in [-0.25, -0.2) is 4.39 Å². The zero-order chi connectivity index (χ0) is 13.0. The molecule has 1 amide bonds. The molecule has 1 aromatic carbocycles. The number of halogens is 1. The van der Waals surface area contributed by atoms with Crippen LogP contribution in [0.2, 0.25) is 0 Å². The first kappa shape index (κ1) is 13.0. The van der Waals surface area contributed by atoms with Crippen molar-refractivity contribution in [3.63, 3.8) is 0 Å². The van der Waals surface area contributed by atoms with Crippen LogP contribution in [0.4, 0.5) is 4.39 Å². The number of hydrogen-bond acceptors (Lipinski definition) is 2. The fourth-order valence-electron chi connectivity index (χ4n) is 2.39. The smallest absolute Gasteiger partial charge is 0.251 e. The molecule has 0 atom stereocenters. The van der Waals surface area contributed by atoms with E-state index >= 15 is 0 Å². The van der Waals surface area contributed by atoms with E-state index in [0.29, 0.717) is 11.5 Å². The number of hydrogen-bond donors (Lipinski definition) is 2. The van der Waals surface area contributed by atoms with Gasteiger partial charge in [-0.1, -0.05) is 6.07 Å². The molecule has 2 N–H and O–H groups in total. The predicted octanol–water partition coefficient (Wildman–Crippen LogP) is 2.11. The molecule has 0 heterocycles. The first-order chi connectivity index (χ1) is 8.69. The van der Waals surface area contributed by atoms with Gasteiger partial charge in [-0.3, -0.25) is 4.79 Å². The van der Waals surface area contributed by atoms with Crippen LogP contribution in [-0.2, 0) is 0 Å². The standard InChI is InChI=1S/C14H18FNO2/c15-12-3-1-2-11(8-12)14(18)16-13-6-4-10(9-17)5-7-13/h1-3,8,10,13,17H,4-7,9H2,(H,16,18). The minimum Gasteiger partial charge on any atom is -0.396 e. The van der Waals surface area contributed by atoms with Crippen LogP contribution in [0.1, 0.15) is 36.0 Å². The molecular formula is C14H18FNO2. The van der Waals surface area contributed by atoms with Crippen LogP contribution in [0, 0.1) is 11.7 Å². The fraction of sp³-hybridized carbons (Fsp3) is 0.500. The first-order valence-corrected chi connectivity index (χ1v) is 6.36. The molecule has 4 heteroatoms. The van der Waals surface area contributed by atoms with E-state index in [4.69, 9.17) is 5.11 Å². The number of nitrogens with one attached hydrogen (secondary N) is 1. The zero-order valence-electron chi connectivity index (χ0n) is 10.2. The molecule has 0 saturated heterocycles. The van der Waals surface area contributed by atoms with Gasteiger partial charge in [0.05, 0.1) is 0 Å². The SMILES string of the molecule is O=C(NC1CCC(CO)CC1)c1cccc(F)c1. The number of amides is 1. The lowest BCUT2D eigenvalue weighted by Gasteiger charge is -2.27. The molecule has 0 aliphatic heterocycles. The third-order valence-corrected chi connectivity index (χ3v) is 3.53. The topological polar surface area (TPSA) is 49.3 Å². The van der Waals surface area contributed by atoms with Gasteiger partial charge < -0.3 is 10.4 Å². The van der Waals surface area contributed by atoms with E-state index in [9.17, 15) is 9.18 Å². The maximum atomic E-state index is 13.0. The lowest BCUT2D eigenvalue weighted by Crippen LogP contribution is -2.38. The molecule has 0 spiro atoms. The van der Waals surface area contributed by atoms with Crippen LogP contribution >= 0.6 is 0 Å². The molecule has 1 fully saturated rings. The lowest BCUT2D eigenvalue weighted by molar-refractivity contribution is 0.0913. The molecule has 1 aliphatic rings. The second-order valence-corrected chi connectivity index (χ2v) is 4.88. The second-order valence-electron chi connectivity index (χ2n) is 4.88. The van der Waals surface area contributed by atoms with Gasteiger partial charge in [-0.15, -0.1) is 0 Å². The van der Waals surface area contributed by atoms with E-state index in [1.54, 1.807) is 6.07 Å². The van der Waals surface area contributed by atoms with Gasteiger partial charge in [0.1, 0.15) is 5.82 Å². The molecule has 0 bridgehead atoms. The first-order valence-electron chi connectivity index (χ1n) is 6.36. The Morgan fingerprint density at radius 2 is 2.06 bits per heavy atom. The van der Waals surface area contributed by atoms with Crippen LogP contribution in [0.5, 0.6) is 0 Å². The Hall–Kier alpha value is -1.42. The Morgan fingerprint density at radius 1 is 1.33 bits per heavy atom. The van der Waals surface area contributed by atoms with E-state index in [-0.39, 0.29) is 18.6 Å². The van der Waals surface area contributed by atoms with Gasteiger partial charge in [-0.05, 0) is 49.8 Å². The summed E-state index contributed by atoms with van der Waals surface area (Å²) in [6.07, 6.45) is 3.63. The number of carbonyl (C=O) groups excluding carboxylic acids is 1. The zero-order valence-corrected chi connectivity index (χ0v) is 10.2. The van der Waals surface area contributed by atoms with Gasteiger partial charge in [0.2, 0.25) is 0 Å². The molecule has 2 rings (SSSR count). The maximum Gasteiger partial charge on any atom is 0.251 e. The molecule has 0 unspecified atom stereocenters. The Balaban J connectivity index is 1.89. The molecule has 98 valence electrons. The minimum absolute atomic E-state index is 0.142. The van der Waals surface area contributed by atoms with Gasteiger partial charge in [0, 0.05) is 18.2 Å². The number of benzene rings is 1. The molecule has 0 aromatic heterocycles. The third kappa shape index (κ3) is 3.29. The summed E-state index contributed by atoms with van der Waals surface area (Å²) in [6, 6.07) is 5.85. The Labute approximate surface area is 106 Å². The van der Waals surface area contributed by atoms with Crippen molar-refractivity contribution < 1.29 is 14.3 Å². The molecule has 18 heavy (non-hydrogen) atoms. The van der Waals surface area contributed by atoms with Gasteiger partial charge >= 0.3 is 0 Å². The van der Waals surface area contributed by atoms with Crippen LogP contribution in [0.3, 0.4) is 0 Å². The van der Waals surface area contributed by atoms with E-state index < -0.39 is 5.82 Å². The van der Waals surface area contributed by atoms with E-state index in [2.05, 4.69) is 5.32 Å². The van der Waals surface area contributed by atoms with Crippen molar-refractivity contribution in [2.75, 3.05) is 6.61 Å². The lowest BCUT2D eigenvalue weighted by atomic mass is 9.86. The normalized spacial score (nSPS) is 23.7. The fourth-order valence-corrected chi connectivity index (χ4v) is 2.39. The monoisotopic (exact) mass is 251 g/mol. The van der Waals surface area contributed by atoms with E-state index in [1.165, 1.54) is 18.2 Å². The summed E-state index contributed by atoms with van der Waals surface area (Å²) in [5.74, 6) is -0.249. The maximum absolute atomic E-state index is 13.0. The molecule has 0 radical (unpaired) electrons. The molecule has 1 aliphatic carbocycles. The van der Waals surface area contributed by atoms with E-state index in [0.717, 1.165) is 25.7 Å². The average Bonchev–Trinajstić information content (AvgIpc) is 2.39. The second kappa shape index (κ2) is 5.96. The van der Waals surface area contributed by atoms with Crippen molar-refractivity contribution in [3.05, 3.63) is 35.6 Å². The molecule has 3 nitrogen and oxygen atoms in total. The average molecular weight is 251 g/mol. The Kier molecular flexibility index (Phi) is 4.31. The summed E-state index contributed by atoms with van der Waals surface area (Å²) < 4.78 is 13.0. The quantitative estimate of drug-likeness (QED) is 0.864. The van der Waals surface area contributed by atoms with Crippen LogP contribution in [0.15, 0.2) is 24.3 Å².